The smallest absolute Gasteiger partial charge is 0.306 e. The van der Waals surface area contributed by atoms with Crippen molar-refractivity contribution in [1.82, 2.24) is 5.01 Å². The monoisotopic (exact) mass is 456 g/mol. The summed E-state index contributed by atoms with van der Waals surface area (Å²) < 4.78 is 32.9. The highest BCUT2D eigenvalue weighted by molar-refractivity contribution is 8.27. The summed E-state index contributed by atoms with van der Waals surface area (Å²) in [6, 6.07) is 15.3. The minimum Gasteiger partial charge on any atom is -0.487 e. The molecule has 0 atom stereocenters. The number of amidine groups is 2. The molecule has 0 radical (unpaired) electrons. The number of benzene rings is 2. The van der Waals surface area contributed by atoms with E-state index in [2.05, 4.69) is 10.1 Å². The number of rotatable bonds is 6. The molecule has 2 aliphatic rings. The molecule has 0 fully saturated rings. The average molecular weight is 457 g/mol. The van der Waals surface area contributed by atoms with Gasteiger partial charge in [0.1, 0.15) is 23.1 Å². The standard InChI is InChI=1S/C20H16N4O5S2/c1-31(26,27)29-15-9-7-13(8-10-15)11-16-18(21)24-20(22-19(16)25)30-17(23-24)12-28-14-5-3-2-4-6-14/h2-11,21H,12H2,1H3/b16-11+,21-18?. The van der Waals surface area contributed by atoms with E-state index in [0.717, 1.165) is 6.26 Å². The van der Waals surface area contributed by atoms with Crippen LogP contribution in [0.1, 0.15) is 5.56 Å². The van der Waals surface area contributed by atoms with Crippen LogP contribution >= 0.6 is 11.8 Å². The van der Waals surface area contributed by atoms with Gasteiger partial charge in [0.15, 0.2) is 5.84 Å². The molecule has 0 saturated carbocycles. The van der Waals surface area contributed by atoms with Crippen molar-refractivity contribution in [3.8, 4) is 11.5 Å². The predicted octanol–water partition coefficient (Wildman–Crippen LogP) is 2.72. The third-order valence-electron chi connectivity index (χ3n) is 4.04. The summed E-state index contributed by atoms with van der Waals surface area (Å²) in [6.45, 7) is 0.187. The molecule has 9 nitrogen and oxygen atoms in total. The van der Waals surface area contributed by atoms with E-state index in [1.807, 2.05) is 30.3 Å². The fourth-order valence-electron chi connectivity index (χ4n) is 2.71. The number of nitrogens with one attached hydrogen (secondary N) is 1. The molecular weight excluding hydrogens is 440 g/mol. The largest absolute Gasteiger partial charge is 0.487 e. The Morgan fingerprint density at radius 2 is 1.81 bits per heavy atom. The zero-order valence-corrected chi connectivity index (χ0v) is 17.8. The Bertz CT molecular complexity index is 1240. The molecule has 1 amide bonds. The number of thioether (sulfide) groups is 1. The van der Waals surface area contributed by atoms with Gasteiger partial charge in [-0.1, -0.05) is 30.3 Å². The molecule has 2 aromatic rings. The molecule has 158 valence electrons. The van der Waals surface area contributed by atoms with Crippen LogP contribution in [0.2, 0.25) is 0 Å². The van der Waals surface area contributed by atoms with E-state index in [9.17, 15) is 13.2 Å². The molecule has 2 aromatic carbocycles. The zero-order valence-electron chi connectivity index (χ0n) is 16.2. The number of amides is 1. The number of carbonyl (C=O) groups excluding carboxylic acids is 1. The fourth-order valence-corrected chi connectivity index (χ4v) is 3.97. The van der Waals surface area contributed by atoms with Crippen LogP contribution in [-0.2, 0) is 14.9 Å². The van der Waals surface area contributed by atoms with Crippen LogP contribution in [0.25, 0.3) is 6.08 Å². The molecule has 31 heavy (non-hydrogen) atoms. The molecule has 4 rings (SSSR count). The van der Waals surface area contributed by atoms with E-state index >= 15 is 0 Å². The van der Waals surface area contributed by atoms with Crippen LogP contribution in [0.4, 0.5) is 0 Å². The third kappa shape index (κ3) is 5.01. The Hall–Kier alpha value is -3.44. The average Bonchev–Trinajstić information content (AvgIpc) is 3.13. The van der Waals surface area contributed by atoms with Crippen molar-refractivity contribution in [1.29, 1.82) is 5.41 Å². The molecule has 0 saturated heterocycles. The van der Waals surface area contributed by atoms with Crippen molar-refractivity contribution < 1.29 is 22.1 Å². The maximum absolute atomic E-state index is 12.5. The molecule has 1 N–H and O–H groups in total. The van der Waals surface area contributed by atoms with Crippen molar-refractivity contribution in [2.45, 2.75) is 0 Å². The number of aliphatic imine (C=N–C) groups is 1. The highest BCUT2D eigenvalue weighted by atomic mass is 32.2. The molecular formula is C20H16N4O5S2. The quantitative estimate of drug-likeness (QED) is 0.524. The Kier molecular flexibility index (Phi) is 5.61. The van der Waals surface area contributed by atoms with Gasteiger partial charge in [0.25, 0.3) is 5.91 Å². The van der Waals surface area contributed by atoms with Crippen LogP contribution in [0.5, 0.6) is 11.5 Å². The van der Waals surface area contributed by atoms with Gasteiger partial charge in [-0.05, 0) is 47.7 Å². The topological polar surface area (TPSA) is 121 Å². The SMILES string of the molecule is CS(=O)(=O)Oc1ccc(/C=C2\C(=N)N3N=C(COc4ccccc4)SC3=NC2=O)cc1. The van der Waals surface area contributed by atoms with E-state index in [1.165, 1.54) is 35.0 Å². The molecule has 2 heterocycles. The second-order valence-corrected chi connectivity index (χ2v) is 9.09. The lowest BCUT2D eigenvalue weighted by atomic mass is 10.1. The minimum atomic E-state index is -3.63. The second kappa shape index (κ2) is 8.36. The highest BCUT2D eigenvalue weighted by Gasteiger charge is 2.35. The van der Waals surface area contributed by atoms with Crippen molar-refractivity contribution in [3.05, 3.63) is 65.7 Å². The highest BCUT2D eigenvalue weighted by Crippen LogP contribution is 2.29. The van der Waals surface area contributed by atoms with E-state index in [0.29, 0.717) is 21.5 Å². The summed E-state index contributed by atoms with van der Waals surface area (Å²) in [6.07, 6.45) is 2.45. The summed E-state index contributed by atoms with van der Waals surface area (Å²) >= 11 is 1.18. The van der Waals surface area contributed by atoms with Gasteiger partial charge in [-0.2, -0.15) is 23.5 Å². The Morgan fingerprint density at radius 1 is 1.10 bits per heavy atom. The Balaban J connectivity index is 1.50. The van der Waals surface area contributed by atoms with Gasteiger partial charge in [0.2, 0.25) is 5.17 Å². The number of nitrogens with zero attached hydrogens (tertiary/aromatic N) is 3. The first-order valence-corrected chi connectivity index (χ1v) is 11.6. The Morgan fingerprint density at radius 3 is 2.48 bits per heavy atom. The third-order valence-corrected chi connectivity index (χ3v) is 5.42. The molecule has 2 aliphatic heterocycles. The van der Waals surface area contributed by atoms with Crippen molar-refractivity contribution in [2.75, 3.05) is 12.9 Å². The summed E-state index contributed by atoms with van der Waals surface area (Å²) in [5, 5.41) is 14.9. The first kappa shape index (κ1) is 20.8. The summed E-state index contributed by atoms with van der Waals surface area (Å²) in [5.41, 5.74) is 0.645. The van der Waals surface area contributed by atoms with E-state index in [1.54, 1.807) is 12.1 Å². The van der Waals surface area contributed by atoms with Crippen LogP contribution < -0.4 is 8.92 Å². The van der Waals surface area contributed by atoms with Gasteiger partial charge in [-0.15, -0.1) is 0 Å². The zero-order chi connectivity index (χ0) is 22.0. The van der Waals surface area contributed by atoms with Crippen LogP contribution in [0, 0.1) is 5.41 Å². The molecule has 0 aromatic heterocycles. The number of hydrogen-bond donors (Lipinski definition) is 1. The predicted molar refractivity (Wildman–Crippen MR) is 119 cm³/mol. The van der Waals surface area contributed by atoms with Gasteiger partial charge in [0, 0.05) is 0 Å². The molecule has 0 spiro atoms. The second-order valence-electron chi connectivity index (χ2n) is 6.47. The Labute approximate surface area is 182 Å². The summed E-state index contributed by atoms with van der Waals surface area (Å²) in [4.78, 5) is 16.5. The maximum atomic E-state index is 12.5. The number of ether oxygens (including phenoxy) is 1. The van der Waals surface area contributed by atoms with Crippen molar-refractivity contribution >= 4 is 49.9 Å². The van der Waals surface area contributed by atoms with Gasteiger partial charge < -0.3 is 8.92 Å². The summed E-state index contributed by atoms with van der Waals surface area (Å²) in [5.74, 6) is 0.181. The number of hydrogen-bond acceptors (Lipinski definition) is 8. The number of carbonyl (C=O) groups is 1. The normalized spacial score (nSPS) is 17.3. The van der Waals surface area contributed by atoms with Gasteiger partial charge in [0.05, 0.1) is 11.8 Å². The van der Waals surface area contributed by atoms with Crippen LogP contribution in [-0.4, -0.2) is 48.2 Å². The first-order valence-electron chi connectivity index (χ1n) is 8.95. The lowest BCUT2D eigenvalue weighted by Crippen LogP contribution is -2.35. The van der Waals surface area contributed by atoms with E-state index in [-0.39, 0.29) is 23.8 Å². The van der Waals surface area contributed by atoms with E-state index in [4.69, 9.17) is 14.3 Å². The van der Waals surface area contributed by atoms with Crippen LogP contribution in [0.15, 0.2) is 70.3 Å². The maximum Gasteiger partial charge on any atom is 0.306 e. The molecule has 0 bridgehead atoms. The molecule has 0 aliphatic carbocycles. The van der Waals surface area contributed by atoms with Crippen molar-refractivity contribution in [2.24, 2.45) is 10.1 Å². The number of para-hydroxylation sites is 1. The summed E-state index contributed by atoms with van der Waals surface area (Å²) in [7, 11) is -3.63. The fraction of sp³-hybridized carbons (Fsp3) is 0.100. The lowest BCUT2D eigenvalue weighted by molar-refractivity contribution is -0.114. The molecule has 0 unspecified atom stereocenters. The number of hydrazone groups is 1. The first-order chi connectivity index (χ1) is 14.8. The van der Waals surface area contributed by atoms with Crippen LogP contribution in [0.3, 0.4) is 0 Å². The van der Waals surface area contributed by atoms with Gasteiger partial charge in [-0.3, -0.25) is 10.2 Å². The van der Waals surface area contributed by atoms with Gasteiger partial charge >= 0.3 is 10.1 Å². The van der Waals surface area contributed by atoms with Crippen molar-refractivity contribution in [3.63, 3.8) is 0 Å². The molecule has 11 heteroatoms. The lowest BCUT2D eigenvalue weighted by Gasteiger charge is -2.20. The minimum absolute atomic E-state index is 0.0649. The number of fused-ring (bicyclic) bond motifs is 1. The van der Waals surface area contributed by atoms with E-state index < -0.39 is 16.0 Å². The van der Waals surface area contributed by atoms with Gasteiger partial charge in [-0.25, -0.2) is 0 Å².